The molecule has 0 aromatic heterocycles. The van der Waals surface area contributed by atoms with Crippen LogP contribution in [0.3, 0.4) is 0 Å². The Morgan fingerprint density at radius 1 is 1.21 bits per heavy atom. The van der Waals surface area contributed by atoms with Crippen LogP contribution in [0.25, 0.3) is 0 Å². The molecular formula is C25H36O4. The van der Waals surface area contributed by atoms with Crippen LogP contribution in [0.2, 0.25) is 0 Å². The van der Waals surface area contributed by atoms with Crippen molar-refractivity contribution < 1.29 is 19.4 Å². The van der Waals surface area contributed by atoms with Crippen molar-refractivity contribution in [2.45, 2.75) is 72.1 Å². The van der Waals surface area contributed by atoms with Gasteiger partial charge in [-0.05, 0) is 98.4 Å². The van der Waals surface area contributed by atoms with Gasteiger partial charge in [-0.15, -0.1) is 0 Å². The van der Waals surface area contributed by atoms with E-state index in [-0.39, 0.29) is 12.0 Å². The highest BCUT2D eigenvalue weighted by Crippen LogP contribution is 2.66. The van der Waals surface area contributed by atoms with Gasteiger partial charge in [-0.3, -0.25) is 9.59 Å². The number of allylic oxidation sites excluding steroid dienone is 4. The van der Waals surface area contributed by atoms with Gasteiger partial charge in [-0.25, -0.2) is 0 Å². The predicted molar refractivity (Wildman–Crippen MR) is 112 cm³/mol. The number of hydrogen-bond donors (Lipinski definition) is 1. The zero-order chi connectivity index (χ0) is 20.8. The molecule has 4 nitrogen and oxygen atoms in total. The van der Waals surface area contributed by atoms with Crippen LogP contribution in [0.1, 0.15) is 72.1 Å². The van der Waals surface area contributed by atoms with E-state index < -0.39 is 17.9 Å². The van der Waals surface area contributed by atoms with Crippen molar-refractivity contribution in [3.63, 3.8) is 0 Å². The maximum absolute atomic E-state index is 12.2. The van der Waals surface area contributed by atoms with E-state index in [1.54, 1.807) is 12.5 Å². The fraction of sp³-hybridized carbons (Fsp3) is 0.760. The number of carboxylic acids is 1. The van der Waals surface area contributed by atoms with Crippen LogP contribution < -0.4 is 0 Å². The Bertz CT molecular complexity index is 737. The second kappa shape index (κ2) is 7.59. The summed E-state index contributed by atoms with van der Waals surface area (Å²) in [4.78, 5) is 24.0. The molecule has 160 valence electrons. The fourth-order valence-corrected chi connectivity index (χ4v) is 7.62. The van der Waals surface area contributed by atoms with Gasteiger partial charge in [0.15, 0.2) is 5.92 Å². The Morgan fingerprint density at radius 3 is 2.72 bits per heavy atom. The number of carbonyl (C=O) groups excluding carboxylic acids is 1. The van der Waals surface area contributed by atoms with Gasteiger partial charge in [-0.1, -0.05) is 32.1 Å². The minimum atomic E-state index is -1.03. The van der Waals surface area contributed by atoms with E-state index in [0.717, 1.165) is 25.2 Å². The smallest absolute Gasteiger partial charge is 0.320 e. The standard InChI is InChI=1S/C25H36O4/c1-4-29-23(28)19(22(26)27)15-17-9-11-20-18-10-8-16-7-5-6-13-24(16,2)21(18)12-14-25(17,20)3/h5,7-8,17-21H,4,6,9-15H2,1-3H3,(H,26,27)/t17-,18+,19?,20+,21+,24+,25-/m1/s1. The fourth-order valence-electron chi connectivity index (χ4n) is 7.62. The predicted octanol–water partition coefficient (Wildman–Crippen LogP) is 5.39. The largest absolute Gasteiger partial charge is 0.481 e. The topological polar surface area (TPSA) is 63.6 Å². The van der Waals surface area contributed by atoms with Crippen molar-refractivity contribution in [2.24, 2.45) is 40.4 Å². The summed E-state index contributed by atoms with van der Waals surface area (Å²) in [5.41, 5.74) is 2.01. The first-order chi connectivity index (χ1) is 13.8. The maximum atomic E-state index is 12.2. The van der Waals surface area contributed by atoms with Crippen LogP contribution in [0, 0.1) is 40.4 Å². The number of rotatable bonds is 5. The summed E-state index contributed by atoms with van der Waals surface area (Å²) >= 11 is 0. The van der Waals surface area contributed by atoms with Gasteiger partial charge < -0.3 is 9.84 Å². The lowest BCUT2D eigenvalue weighted by Gasteiger charge is -2.57. The van der Waals surface area contributed by atoms with Crippen LogP contribution >= 0.6 is 0 Å². The highest BCUT2D eigenvalue weighted by Gasteiger charge is 2.58. The minimum Gasteiger partial charge on any atom is -0.481 e. The third kappa shape index (κ3) is 3.27. The Hall–Kier alpha value is -1.58. The Kier molecular flexibility index (Phi) is 5.41. The number of carboxylic acid groups (broad SMARTS) is 1. The average Bonchev–Trinajstić information content (AvgIpc) is 3.01. The number of ether oxygens (including phenoxy) is 1. The van der Waals surface area contributed by atoms with E-state index in [9.17, 15) is 14.7 Å². The third-order valence-corrected chi connectivity index (χ3v) is 9.24. The van der Waals surface area contributed by atoms with Crippen molar-refractivity contribution in [1.82, 2.24) is 0 Å². The van der Waals surface area contributed by atoms with E-state index in [1.807, 2.05) is 0 Å². The SMILES string of the molecule is CCOC(=O)C(C[C@H]1CC[C@H]2[C@@H]3CC=C4C=CCC[C@]4(C)[C@H]3CC[C@]12C)C(=O)O. The summed E-state index contributed by atoms with van der Waals surface area (Å²) in [6.45, 7) is 6.84. The van der Waals surface area contributed by atoms with Crippen molar-refractivity contribution in [3.8, 4) is 0 Å². The molecule has 0 aromatic carbocycles. The zero-order valence-corrected chi connectivity index (χ0v) is 18.2. The van der Waals surface area contributed by atoms with Gasteiger partial charge in [-0.2, -0.15) is 0 Å². The van der Waals surface area contributed by atoms with Gasteiger partial charge in [0, 0.05) is 0 Å². The van der Waals surface area contributed by atoms with E-state index in [4.69, 9.17) is 4.74 Å². The first kappa shape index (κ1) is 20.7. The third-order valence-electron chi connectivity index (χ3n) is 9.24. The quantitative estimate of drug-likeness (QED) is 0.497. The molecule has 0 radical (unpaired) electrons. The van der Waals surface area contributed by atoms with Crippen LogP contribution in [-0.4, -0.2) is 23.7 Å². The molecule has 4 aliphatic carbocycles. The Labute approximate surface area is 174 Å². The van der Waals surface area contributed by atoms with Gasteiger partial charge >= 0.3 is 11.9 Å². The molecule has 0 spiro atoms. The van der Waals surface area contributed by atoms with E-state index in [2.05, 4.69) is 32.1 Å². The molecule has 0 bridgehead atoms. The van der Waals surface area contributed by atoms with Crippen molar-refractivity contribution in [1.29, 1.82) is 0 Å². The first-order valence-electron chi connectivity index (χ1n) is 11.6. The summed E-state index contributed by atoms with van der Waals surface area (Å²) in [7, 11) is 0. The van der Waals surface area contributed by atoms with Crippen LogP contribution in [-0.2, 0) is 14.3 Å². The van der Waals surface area contributed by atoms with E-state index in [1.165, 1.54) is 25.7 Å². The normalized spacial score (nSPS) is 41.6. The van der Waals surface area contributed by atoms with Gasteiger partial charge in [0.05, 0.1) is 6.61 Å². The molecule has 0 aliphatic heterocycles. The number of hydrogen-bond acceptors (Lipinski definition) is 3. The molecule has 0 heterocycles. The van der Waals surface area contributed by atoms with Gasteiger partial charge in [0.2, 0.25) is 0 Å². The molecule has 2 fully saturated rings. The first-order valence-corrected chi connectivity index (χ1v) is 11.6. The molecule has 4 heteroatoms. The average molecular weight is 401 g/mol. The summed E-state index contributed by atoms with van der Waals surface area (Å²) in [5, 5.41) is 9.65. The maximum Gasteiger partial charge on any atom is 0.320 e. The van der Waals surface area contributed by atoms with Gasteiger partial charge in [0.25, 0.3) is 0 Å². The van der Waals surface area contributed by atoms with Crippen LogP contribution in [0.15, 0.2) is 23.8 Å². The van der Waals surface area contributed by atoms with Crippen LogP contribution in [0.5, 0.6) is 0 Å². The lowest BCUT2D eigenvalue weighted by Crippen LogP contribution is -2.49. The molecule has 4 rings (SSSR count). The number of aliphatic carboxylic acids is 1. The molecule has 4 aliphatic rings. The molecular weight excluding hydrogens is 364 g/mol. The van der Waals surface area contributed by atoms with E-state index in [0.29, 0.717) is 29.6 Å². The van der Waals surface area contributed by atoms with Crippen molar-refractivity contribution >= 4 is 11.9 Å². The second-order valence-electron chi connectivity index (χ2n) is 10.3. The molecule has 29 heavy (non-hydrogen) atoms. The number of fused-ring (bicyclic) bond motifs is 5. The van der Waals surface area contributed by atoms with Crippen LogP contribution in [0.4, 0.5) is 0 Å². The molecule has 0 aromatic rings. The van der Waals surface area contributed by atoms with E-state index >= 15 is 0 Å². The molecule has 0 amide bonds. The number of carbonyl (C=O) groups is 2. The minimum absolute atomic E-state index is 0.146. The van der Waals surface area contributed by atoms with Crippen molar-refractivity contribution in [2.75, 3.05) is 6.61 Å². The molecule has 2 saturated carbocycles. The molecule has 1 N–H and O–H groups in total. The summed E-state index contributed by atoms with van der Waals surface area (Å²) in [6, 6.07) is 0. The molecule has 7 atom stereocenters. The summed E-state index contributed by atoms with van der Waals surface area (Å²) < 4.78 is 5.07. The molecule has 1 unspecified atom stereocenters. The van der Waals surface area contributed by atoms with Crippen molar-refractivity contribution in [3.05, 3.63) is 23.8 Å². The lowest BCUT2D eigenvalue weighted by molar-refractivity contribution is -0.160. The molecule has 0 saturated heterocycles. The highest BCUT2D eigenvalue weighted by molar-refractivity contribution is 5.93. The Morgan fingerprint density at radius 2 is 2.00 bits per heavy atom. The lowest BCUT2D eigenvalue weighted by atomic mass is 9.48. The Balaban J connectivity index is 1.55. The summed E-state index contributed by atoms with van der Waals surface area (Å²) in [6.07, 6.45) is 15.8. The number of esters is 1. The van der Waals surface area contributed by atoms with Gasteiger partial charge in [0.1, 0.15) is 0 Å². The monoisotopic (exact) mass is 400 g/mol. The highest BCUT2D eigenvalue weighted by atomic mass is 16.5. The second-order valence-corrected chi connectivity index (χ2v) is 10.3. The zero-order valence-electron chi connectivity index (χ0n) is 18.2. The summed E-state index contributed by atoms with van der Waals surface area (Å²) in [5.74, 6) is -0.239.